The largest absolute Gasteiger partial charge is 0.338 e. The first-order valence-corrected chi connectivity index (χ1v) is 6.40. The number of nitrogens with one attached hydrogen (secondary N) is 1. The summed E-state index contributed by atoms with van der Waals surface area (Å²) in [5.41, 5.74) is -0.509. The number of nitrogens with zero attached hydrogens (tertiary/aromatic N) is 2. The Morgan fingerprint density at radius 3 is 3.00 bits per heavy atom. The van der Waals surface area contributed by atoms with Gasteiger partial charge in [0.1, 0.15) is 5.82 Å². The number of non-ortho nitro benzene ring substituents is 1. The van der Waals surface area contributed by atoms with Gasteiger partial charge in [0.2, 0.25) is 0 Å². The van der Waals surface area contributed by atoms with Crippen molar-refractivity contribution in [2.75, 3.05) is 26.7 Å². The molecule has 0 radical (unpaired) electrons. The second-order valence-corrected chi connectivity index (χ2v) is 4.88. The van der Waals surface area contributed by atoms with E-state index in [0.29, 0.717) is 19.0 Å². The highest BCUT2D eigenvalue weighted by atomic mass is 19.1. The molecule has 1 saturated heterocycles. The van der Waals surface area contributed by atoms with Gasteiger partial charge in [-0.05, 0) is 32.0 Å². The van der Waals surface area contributed by atoms with E-state index in [2.05, 4.69) is 5.32 Å². The van der Waals surface area contributed by atoms with Gasteiger partial charge in [0.25, 0.3) is 11.6 Å². The molecule has 1 aliphatic heterocycles. The number of rotatable bonds is 4. The molecule has 1 aromatic rings. The Morgan fingerprint density at radius 1 is 1.60 bits per heavy atom. The number of carbonyl (C=O) groups is 1. The van der Waals surface area contributed by atoms with Crippen LogP contribution in [-0.2, 0) is 0 Å². The summed E-state index contributed by atoms with van der Waals surface area (Å²) in [6, 6.07) is 3.02. The van der Waals surface area contributed by atoms with Crippen molar-refractivity contribution in [2.24, 2.45) is 5.92 Å². The van der Waals surface area contributed by atoms with Gasteiger partial charge in [-0.25, -0.2) is 4.39 Å². The molecular formula is C13H16FN3O3. The van der Waals surface area contributed by atoms with Gasteiger partial charge in [0.15, 0.2) is 0 Å². The number of hydrogen-bond acceptors (Lipinski definition) is 4. The molecule has 0 aromatic heterocycles. The predicted molar refractivity (Wildman–Crippen MR) is 71.0 cm³/mol. The van der Waals surface area contributed by atoms with Crippen molar-refractivity contribution < 1.29 is 14.1 Å². The second-order valence-electron chi connectivity index (χ2n) is 4.88. The molecule has 0 bridgehead atoms. The molecule has 0 saturated carbocycles. The van der Waals surface area contributed by atoms with Crippen molar-refractivity contribution >= 4 is 11.6 Å². The molecule has 2 rings (SSSR count). The summed E-state index contributed by atoms with van der Waals surface area (Å²) in [5.74, 6) is -0.867. The van der Waals surface area contributed by atoms with Crippen LogP contribution in [0.25, 0.3) is 0 Å². The van der Waals surface area contributed by atoms with Gasteiger partial charge in [0, 0.05) is 25.2 Å². The summed E-state index contributed by atoms with van der Waals surface area (Å²) in [5, 5.41) is 13.7. The number of nitro benzene ring substituents is 1. The zero-order valence-corrected chi connectivity index (χ0v) is 11.1. The molecule has 1 N–H and O–H groups in total. The fourth-order valence-electron chi connectivity index (χ4n) is 2.43. The summed E-state index contributed by atoms with van der Waals surface area (Å²) in [4.78, 5) is 23.8. The van der Waals surface area contributed by atoms with Gasteiger partial charge in [-0.1, -0.05) is 0 Å². The second kappa shape index (κ2) is 5.96. The molecule has 1 aromatic carbocycles. The van der Waals surface area contributed by atoms with Crippen molar-refractivity contribution in [3.8, 4) is 0 Å². The first kappa shape index (κ1) is 14.4. The van der Waals surface area contributed by atoms with E-state index in [-0.39, 0.29) is 11.3 Å². The lowest BCUT2D eigenvalue weighted by Crippen LogP contribution is -2.31. The smallest absolute Gasteiger partial charge is 0.270 e. The van der Waals surface area contributed by atoms with Crippen LogP contribution in [0.15, 0.2) is 18.2 Å². The molecule has 1 fully saturated rings. The fraction of sp³-hybridized carbons (Fsp3) is 0.462. The minimum absolute atomic E-state index is 0.232. The average molecular weight is 281 g/mol. The van der Waals surface area contributed by atoms with Crippen molar-refractivity contribution in [1.29, 1.82) is 0 Å². The van der Waals surface area contributed by atoms with E-state index >= 15 is 0 Å². The minimum Gasteiger partial charge on any atom is -0.338 e. The number of nitro groups is 1. The Kier molecular flexibility index (Phi) is 4.29. The van der Waals surface area contributed by atoms with Crippen LogP contribution in [-0.4, -0.2) is 42.4 Å². The Morgan fingerprint density at radius 2 is 2.35 bits per heavy atom. The minimum atomic E-state index is -0.724. The number of halogens is 1. The van der Waals surface area contributed by atoms with Crippen molar-refractivity contribution in [3.63, 3.8) is 0 Å². The molecule has 0 aliphatic carbocycles. The third-order valence-corrected chi connectivity index (χ3v) is 3.46. The Balaban J connectivity index is 2.17. The first-order chi connectivity index (χ1) is 9.52. The van der Waals surface area contributed by atoms with E-state index in [9.17, 15) is 19.3 Å². The lowest BCUT2D eigenvalue weighted by atomic mass is 10.1. The number of likely N-dealkylation sites (tertiary alicyclic amines) is 1. The number of amides is 1. The van der Waals surface area contributed by atoms with Crippen LogP contribution < -0.4 is 5.32 Å². The van der Waals surface area contributed by atoms with Crippen molar-refractivity contribution in [3.05, 3.63) is 39.7 Å². The van der Waals surface area contributed by atoms with E-state index in [0.717, 1.165) is 31.2 Å². The number of hydrogen-bond donors (Lipinski definition) is 1. The van der Waals surface area contributed by atoms with E-state index in [4.69, 9.17) is 0 Å². The summed E-state index contributed by atoms with van der Waals surface area (Å²) < 4.78 is 13.7. The van der Waals surface area contributed by atoms with E-state index in [1.165, 1.54) is 0 Å². The quantitative estimate of drug-likeness (QED) is 0.669. The Hall–Kier alpha value is -2.02. The van der Waals surface area contributed by atoms with Gasteiger partial charge >= 0.3 is 0 Å². The fourth-order valence-corrected chi connectivity index (χ4v) is 2.43. The standard InChI is InChI=1S/C13H16FN3O3/c1-15-7-9-4-5-16(8-9)13(18)11-6-10(17(19)20)2-3-12(11)14/h2-3,6,9,15H,4-5,7-8H2,1H3. The molecule has 20 heavy (non-hydrogen) atoms. The molecule has 1 heterocycles. The normalized spacial score (nSPS) is 18.3. The van der Waals surface area contributed by atoms with E-state index in [1.807, 2.05) is 7.05 Å². The first-order valence-electron chi connectivity index (χ1n) is 6.40. The van der Waals surface area contributed by atoms with E-state index in [1.54, 1.807) is 4.90 Å². The summed E-state index contributed by atoms with van der Waals surface area (Å²) in [7, 11) is 1.84. The highest BCUT2D eigenvalue weighted by molar-refractivity contribution is 5.95. The van der Waals surface area contributed by atoms with Crippen LogP contribution in [0.5, 0.6) is 0 Å². The lowest BCUT2D eigenvalue weighted by molar-refractivity contribution is -0.384. The van der Waals surface area contributed by atoms with Crippen LogP contribution in [0, 0.1) is 21.8 Å². The molecule has 7 heteroatoms. The number of carbonyl (C=O) groups excluding carboxylic acids is 1. The summed E-state index contributed by atoms with van der Waals surface area (Å²) in [6.45, 7) is 1.89. The maximum Gasteiger partial charge on any atom is 0.270 e. The zero-order chi connectivity index (χ0) is 14.7. The van der Waals surface area contributed by atoms with Gasteiger partial charge in [0.05, 0.1) is 10.5 Å². The average Bonchev–Trinajstić information content (AvgIpc) is 2.87. The van der Waals surface area contributed by atoms with Crippen LogP contribution >= 0.6 is 0 Å². The Bertz CT molecular complexity index is 536. The van der Waals surface area contributed by atoms with Crippen molar-refractivity contribution in [2.45, 2.75) is 6.42 Å². The monoisotopic (exact) mass is 281 g/mol. The zero-order valence-electron chi connectivity index (χ0n) is 11.1. The molecule has 1 aliphatic rings. The maximum atomic E-state index is 13.7. The molecule has 108 valence electrons. The van der Waals surface area contributed by atoms with Crippen LogP contribution in [0.4, 0.5) is 10.1 Å². The van der Waals surface area contributed by atoms with Crippen LogP contribution in [0.3, 0.4) is 0 Å². The van der Waals surface area contributed by atoms with Gasteiger partial charge in [-0.3, -0.25) is 14.9 Å². The summed E-state index contributed by atoms with van der Waals surface area (Å²) >= 11 is 0. The molecule has 1 unspecified atom stereocenters. The number of benzene rings is 1. The van der Waals surface area contributed by atoms with Crippen molar-refractivity contribution in [1.82, 2.24) is 10.2 Å². The predicted octanol–water partition coefficient (Wildman–Crippen LogP) is 1.42. The van der Waals surface area contributed by atoms with E-state index < -0.39 is 16.6 Å². The molecule has 1 amide bonds. The third kappa shape index (κ3) is 2.93. The lowest BCUT2D eigenvalue weighted by Gasteiger charge is -2.16. The molecule has 1 atom stereocenters. The third-order valence-electron chi connectivity index (χ3n) is 3.46. The van der Waals surface area contributed by atoms with Gasteiger partial charge in [-0.2, -0.15) is 0 Å². The molecule has 6 nitrogen and oxygen atoms in total. The topological polar surface area (TPSA) is 75.5 Å². The van der Waals surface area contributed by atoms with Crippen LogP contribution in [0.1, 0.15) is 16.8 Å². The highest BCUT2D eigenvalue weighted by Gasteiger charge is 2.28. The van der Waals surface area contributed by atoms with Gasteiger partial charge < -0.3 is 10.2 Å². The molecular weight excluding hydrogens is 265 g/mol. The summed E-state index contributed by atoms with van der Waals surface area (Å²) in [6.07, 6.45) is 0.850. The molecule has 0 spiro atoms. The van der Waals surface area contributed by atoms with Gasteiger partial charge in [-0.15, -0.1) is 0 Å². The Labute approximate surface area is 115 Å². The van der Waals surface area contributed by atoms with Crippen LogP contribution in [0.2, 0.25) is 0 Å². The maximum absolute atomic E-state index is 13.7. The highest BCUT2D eigenvalue weighted by Crippen LogP contribution is 2.22. The SMILES string of the molecule is CNCC1CCN(C(=O)c2cc([N+](=O)[O-])ccc2F)C1.